The number of carboxylic acids is 1. The first-order chi connectivity index (χ1) is 16.4. The highest BCUT2D eigenvalue weighted by molar-refractivity contribution is 6.01. The second-order valence-corrected chi connectivity index (χ2v) is 9.79. The van der Waals surface area contributed by atoms with Gasteiger partial charge in [-0.25, -0.2) is 9.18 Å². The van der Waals surface area contributed by atoms with E-state index < -0.39 is 29.1 Å². The molecule has 1 aliphatic rings. The van der Waals surface area contributed by atoms with Gasteiger partial charge in [0.05, 0.1) is 17.9 Å². The van der Waals surface area contributed by atoms with E-state index in [0.29, 0.717) is 47.0 Å². The Hall–Kier alpha value is -3.52. The van der Waals surface area contributed by atoms with Crippen molar-refractivity contribution < 1.29 is 28.6 Å². The number of aliphatic carboxylic acids is 1. The van der Waals surface area contributed by atoms with Gasteiger partial charge in [-0.3, -0.25) is 9.59 Å². The van der Waals surface area contributed by atoms with Crippen LogP contribution in [0.1, 0.15) is 60.5 Å². The van der Waals surface area contributed by atoms with E-state index in [4.69, 9.17) is 9.47 Å². The predicted octanol–water partition coefficient (Wildman–Crippen LogP) is 4.73. The molecule has 0 amide bonds. The van der Waals surface area contributed by atoms with Gasteiger partial charge >= 0.3 is 5.97 Å². The van der Waals surface area contributed by atoms with Crippen LogP contribution in [0.4, 0.5) is 4.39 Å². The zero-order chi connectivity index (χ0) is 25.7. The Morgan fingerprint density at radius 1 is 1.26 bits per heavy atom. The van der Waals surface area contributed by atoms with Crippen LogP contribution in [0.5, 0.6) is 5.75 Å². The molecule has 0 fully saturated rings. The summed E-state index contributed by atoms with van der Waals surface area (Å²) >= 11 is 0. The first kappa shape index (κ1) is 24.6. The topological polar surface area (TPSA) is 94.8 Å². The summed E-state index contributed by atoms with van der Waals surface area (Å²) in [6.07, 6.45) is 0.468. The van der Waals surface area contributed by atoms with Crippen molar-refractivity contribution in [2.75, 3.05) is 6.61 Å². The molecular formula is C27H28FNO6. The van der Waals surface area contributed by atoms with Gasteiger partial charge in [0.25, 0.3) is 5.56 Å². The van der Waals surface area contributed by atoms with E-state index in [0.717, 1.165) is 12.0 Å². The molecule has 1 aliphatic heterocycles. The average molecular weight is 482 g/mol. The Bertz CT molecular complexity index is 1420. The number of fused-ring (bicyclic) bond motifs is 2. The van der Waals surface area contributed by atoms with Gasteiger partial charge in [-0.15, -0.1) is 0 Å². The number of carbonyl (C=O) groups excluding carboxylic acids is 1. The van der Waals surface area contributed by atoms with Crippen molar-refractivity contribution in [3.05, 3.63) is 62.8 Å². The van der Waals surface area contributed by atoms with Crippen LogP contribution in [0.2, 0.25) is 0 Å². The number of benzene rings is 2. The second kappa shape index (κ2) is 8.92. The van der Waals surface area contributed by atoms with Gasteiger partial charge in [-0.2, -0.15) is 0 Å². The number of rotatable bonds is 5. The van der Waals surface area contributed by atoms with E-state index in [9.17, 15) is 19.5 Å². The lowest BCUT2D eigenvalue weighted by atomic mass is 9.87. The third-order valence-corrected chi connectivity index (χ3v) is 6.25. The molecule has 0 saturated carbocycles. The first-order valence-electron chi connectivity index (χ1n) is 11.4. The molecule has 2 aromatic carbocycles. The minimum atomic E-state index is -1.51. The zero-order valence-electron chi connectivity index (χ0n) is 20.4. The molecule has 1 unspecified atom stereocenters. The van der Waals surface area contributed by atoms with E-state index >= 15 is 4.39 Å². The van der Waals surface area contributed by atoms with Crippen LogP contribution in [0.15, 0.2) is 29.1 Å². The van der Waals surface area contributed by atoms with Gasteiger partial charge < -0.3 is 19.1 Å². The number of hydrogen-bond donors (Lipinski definition) is 1. The third-order valence-electron chi connectivity index (χ3n) is 6.25. The Labute approximate surface area is 202 Å². The normalized spacial score (nSPS) is 14.3. The lowest BCUT2D eigenvalue weighted by Gasteiger charge is -2.29. The molecule has 4 rings (SSSR count). The lowest BCUT2D eigenvalue weighted by molar-refractivity contribution is -0.161. The molecule has 7 nitrogen and oxygen atoms in total. The third kappa shape index (κ3) is 4.34. The minimum Gasteiger partial charge on any atom is -0.490 e. The summed E-state index contributed by atoms with van der Waals surface area (Å²) in [5.74, 6) is -1.63. The second-order valence-electron chi connectivity index (χ2n) is 9.79. The van der Waals surface area contributed by atoms with Gasteiger partial charge in [0.1, 0.15) is 6.29 Å². The van der Waals surface area contributed by atoms with Gasteiger partial charge in [0, 0.05) is 29.1 Å². The molecule has 0 aliphatic carbocycles. The summed E-state index contributed by atoms with van der Waals surface area (Å²) in [4.78, 5) is 37.3. The van der Waals surface area contributed by atoms with Crippen molar-refractivity contribution in [3.63, 3.8) is 0 Å². The van der Waals surface area contributed by atoms with E-state index in [1.54, 1.807) is 32.9 Å². The van der Waals surface area contributed by atoms with E-state index in [1.165, 1.54) is 23.7 Å². The number of aldehydes is 1. The number of carboxylic acid groups (broad SMARTS) is 1. The number of nitrogens with zero attached hydrogens (tertiary/aromatic N) is 1. The van der Waals surface area contributed by atoms with Gasteiger partial charge in [-0.1, -0.05) is 12.1 Å². The summed E-state index contributed by atoms with van der Waals surface area (Å²) < 4.78 is 28.0. The molecule has 0 saturated heterocycles. The van der Waals surface area contributed by atoms with Crippen LogP contribution < -0.4 is 10.3 Å². The Kier molecular flexibility index (Phi) is 6.27. The maximum absolute atomic E-state index is 15.3. The standard InChI is InChI=1S/C27H28FNO6/c1-14-16-7-6-10-34-23(16)20(28)12-18(14)21-17-9-8-15(13-30)11-19(17)25(31)29(5)22(21)24(26(32)33)35-27(2,3)4/h8-9,11-13,24H,6-7,10H2,1-5H3,(H,32,33). The fraction of sp³-hybridized carbons (Fsp3) is 0.370. The summed E-state index contributed by atoms with van der Waals surface area (Å²) in [7, 11) is 1.46. The lowest BCUT2D eigenvalue weighted by Crippen LogP contribution is -2.33. The maximum atomic E-state index is 15.3. The van der Waals surface area contributed by atoms with Gasteiger partial charge in [0.15, 0.2) is 17.7 Å². The first-order valence-corrected chi connectivity index (χ1v) is 11.4. The highest BCUT2D eigenvalue weighted by atomic mass is 19.1. The highest BCUT2D eigenvalue weighted by Crippen LogP contribution is 2.42. The SMILES string of the molecule is Cc1c(-c2c(C(OC(C)(C)C)C(=O)O)n(C)c(=O)c3cc(C=O)ccc23)cc(F)c2c1CCCO2. The molecule has 2 heterocycles. The zero-order valence-corrected chi connectivity index (χ0v) is 20.4. The van der Waals surface area contributed by atoms with Crippen LogP contribution in [0.3, 0.4) is 0 Å². The number of aromatic nitrogens is 1. The minimum absolute atomic E-state index is 0.1000. The molecule has 3 aromatic rings. The van der Waals surface area contributed by atoms with Crippen LogP contribution >= 0.6 is 0 Å². The molecule has 1 atom stereocenters. The molecule has 35 heavy (non-hydrogen) atoms. The molecule has 1 aromatic heterocycles. The van der Waals surface area contributed by atoms with Crippen LogP contribution in [0, 0.1) is 12.7 Å². The van der Waals surface area contributed by atoms with Crippen molar-refractivity contribution in [2.24, 2.45) is 7.05 Å². The Morgan fingerprint density at radius 3 is 2.60 bits per heavy atom. The summed E-state index contributed by atoms with van der Waals surface area (Å²) in [6, 6.07) is 5.94. The van der Waals surface area contributed by atoms with E-state index in [2.05, 4.69) is 0 Å². The largest absolute Gasteiger partial charge is 0.490 e. The van der Waals surface area contributed by atoms with Crippen LogP contribution in [-0.4, -0.2) is 34.1 Å². The summed E-state index contributed by atoms with van der Waals surface area (Å²) in [6.45, 7) is 7.42. The average Bonchev–Trinajstić information content (AvgIpc) is 2.81. The van der Waals surface area contributed by atoms with Crippen molar-refractivity contribution >= 4 is 23.0 Å². The van der Waals surface area contributed by atoms with E-state index in [-0.39, 0.29) is 16.8 Å². The molecule has 0 radical (unpaired) electrons. The number of carbonyl (C=O) groups is 2. The molecule has 1 N–H and O–H groups in total. The van der Waals surface area contributed by atoms with Crippen molar-refractivity contribution in [3.8, 4) is 16.9 Å². The van der Waals surface area contributed by atoms with Crippen molar-refractivity contribution in [1.29, 1.82) is 0 Å². The highest BCUT2D eigenvalue weighted by Gasteiger charge is 2.34. The van der Waals surface area contributed by atoms with Gasteiger partial charge in [-0.05, 0) is 69.2 Å². The molecule has 184 valence electrons. The van der Waals surface area contributed by atoms with E-state index in [1.807, 2.05) is 6.92 Å². The summed E-state index contributed by atoms with van der Waals surface area (Å²) in [5.41, 5.74) is 1.35. The Balaban J connectivity index is 2.19. The fourth-order valence-corrected chi connectivity index (χ4v) is 4.71. The summed E-state index contributed by atoms with van der Waals surface area (Å²) in [5, 5.41) is 10.8. The molecule has 8 heteroatoms. The van der Waals surface area contributed by atoms with Crippen LogP contribution in [-0.2, 0) is 23.0 Å². The van der Waals surface area contributed by atoms with Crippen molar-refractivity contribution in [1.82, 2.24) is 4.57 Å². The maximum Gasteiger partial charge on any atom is 0.339 e. The Morgan fingerprint density at radius 2 is 1.97 bits per heavy atom. The molecule has 0 bridgehead atoms. The van der Waals surface area contributed by atoms with Crippen molar-refractivity contribution in [2.45, 2.75) is 52.2 Å². The number of halogens is 1. The number of ether oxygens (including phenoxy) is 2. The van der Waals surface area contributed by atoms with Crippen LogP contribution in [0.25, 0.3) is 21.9 Å². The quantitative estimate of drug-likeness (QED) is 0.530. The monoisotopic (exact) mass is 481 g/mol. The molecule has 0 spiro atoms. The van der Waals surface area contributed by atoms with Gasteiger partial charge in [0.2, 0.25) is 0 Å². The number of pyridine rings is 1. The smallest absolute Gasteiger partial charge is 0.339 e. The fourth-order valence-electron chi connectivity index (χ4n) is 4.71. The molecular weight excluding hydrogens is 453 g/mol. The predicted molar refractivity (Wildman–Crippen MR) is 130 cm³/mol. The number of hydrogen-bond acceptors (Lipinski definition) is 5.